The molecule has 3 nitrogen and oxygen atoms in total. The van der Waals surface area contributed by atoms with Crippen molar-refractivity contribution in [3.8, 4) is 6.07 Å². The fourth-order valence-corrected chi connectivity index (χ4v) is 2.72. The molecule has 0 N–H and O–H groups in total. The highest BCUT2D eigenvalue weighted by Gasteiger charge is 2.62. The summed E-state index contributed by atoms with van der Waals surface area (Å²) in [5.41, 5.74) is 0.734. The standard InChI is InChI=1S/C14H14FNO2/c1-10-4-11(2-3-12(10)15)14(8-18-9-14)13(5-16)6-17-7-13/h2-4H,6-9H2,1H3. The third-order valence-electron chi connectivity index (χ3n) is 4.23. The molecule has 2 fully saturated rings. The van der Waals surface area contributed by atoms with Gasteiger partial charge in [0.25, 0.3) is 0 Å². The molecular weight excluding hydrogens is 233 g/mol. The molecule has 3 rings (SSSR count). The van der Waals surface area contributed by atoms with Crippen molar-refractivity contribution in [3.63, 3.8) is 0 Å². The number of hydrogen-bond acceptors (Lipinski definition) is 3. The summed E-state index contributed by atoms with van der Waals surface area (Å²) in [4.78, 5) is 0. The van der Waals surface area contributed by atoms with Crippen LogP contribution >= 0.6 is 0 Å². The van der Waals surface area contributed by atoms with Crippen LogP contribution in [0.1, 0.15) is 11.1 Å². The van der Waals surface area contributed by atoms with Crippen LogP contribution in [0.4, 0.5) is 4.39 Å². The second-order valence-corrected chi connectivity index (χ2v) is 5.23. The number of nitriles is 1. The monoisotopic (exact) mass is 247 g/mol. The van der Waals surface area contributed by atoms with E-state index in [-0.39, 0.29) is 11.2 Å². The van der Waals surface area contributed by atoms with Gasteiger partial charge in [0.2, 0.25) is 0 Å². The Kier molecular flexibility index (Phi) is 2.44. The largest absolute Gasteiger partial charge is 0.379 e. The fraction of sp³-hybridized carbons (Fsp3) is 0.500. The van der Waals surface area contributed by atoms with Crippen LogP contribution in [0.15, 0.2) is 18.2 Å². The average Bonchev–Trinajstić information content (AvgIpc) is 2.25. The lowest BCUT2D eigenvalue weighted by molar-refractivity contribution is -0.201. The van der Waals surface area contributed by atoms with Crippen molar-refractivity contribution in [2.45, 2.75) is 12.3 Å². The van der Waals surface area contributed by atoms with Gasteiger partial charge in [-0.1, -0.05) is 12.1 Å². The van der Waals surface area contributed by atoms with Crippen LogP contribution in [-0.4, -0.2) is 26.4 Å². The molecule has 0 spiro atoms. The van der Waals surface area contributed by atoms with E-state index in [1.807, 2.05) is 6.07 Å². The number of ether oxygens (including phenoxy) is 2. The summed E-state index contributed by atoms with van der Waals surface area (Å²) in [6.07, 6.45) is 0. The van der Waals surface area contributed by atoms with E-state index in [1.54, 1.807) is 13.0 Å². The van der Waals surface area contributed by atoms with Crippen molar-refractivity contribution in [3.05, 3.63) is 35.1 Å². The smallest absolute Gasteiger partial charge is 0.126 e. The third kappa shape index (κ3) is 1.29. The Morgan fingerprint density at radius 2 is 1.89 bits per heavy atom. The lowest BCUT2D eigenvalue weighted by Gasteiger charge is -2.55. The number of halogens is 1. The first-order chi connectivity index (χ1) is 8.63. The molecule has 18 heavy (non-hydrogen) atoms. The third-order valence-corrected chi connectivity index (χ3v) is 4.23. The number of hydrogen-bond donors (Lipinski definition) is 0. The van der Waals surface area contributed by atoms with Crippen molar-refractivity contribution in [2.75, 3.05) is 26.4 Å². The predicted molar refractivity (Wildman–Crippen MR) is 62.5 cm³/mol. The molecule has 0 saturated carbocycles. The highest BCUT2D eigenvalue weighted by atomic mass is 19.1. The summed E-state index contributed by atoms with van der Waals surface area (Å²) < 4.78 is 23.9. The Bertz CT molecular complexity index is 527. The van der Waals surface area contributed by atoms with Gasteiger partial charge < -0.3 is 9.47 Å². The molecule has 1 aromatic rings. The van der Waals surface area contributed by atoms with Crippen LogP contribution in [0, 0.1) is 29.5 Å². The highest BCUT2D eigenvalue weighted by Crippen LogP contribution is 2.51. The first-order valence-electron chi connectivity index (χ1n) is 5.97. The first-order valence-corrected chi connectivity index (χ1v) is 5.97. The van der Waals surface area contributed by atoms with Crippen molar-refractivity contribution >= 4 is 0 Å². The van der Waals surface area contributed by atoms with Gasteiger partial charge >= 0.3 is 0 Å². The van der Waals surface area contributed by atoms with Crippen molar-refractivity contribution in [1.82, 2.24) is 0 Å². The first kappa shape index (κ1) is 11.6. The SMILES string of the molecule is Cc1cc(C2(C3(C#N)COC3)COC2)ccc1F. The van der Waals surface area contributed by atoms with E-state index >= 15 is 0 Å². The van der Waals surface area contributed by atoms with Crippen LogP contribution in [0.5, 0.6) is 0 Å². The molecule has 0 atom stereocenters. The zero-order valence-electron chi connectivity index (χ0n) is 10.2. The summed E-state index contributed by atoms with van der Waals surface area (Å²) in [6.45, 7) is 3.62. The van der Waals surface area contributed by atoms with Crippen molar-refractivity contribution in [1.29, 1.82) is 5.26 Å². The molecule has 2 aliphatic rings. The zero-order chi connectivity index (χ0) is 12.8. The maximum atomic E-state index is 13.4. The lowest BCUT2D eigenvalue weighted by Crippen LogP contribution is -2.66. The van der Waals surface area contributed by atoms with Gasteiger partial charge in [-0.15, -0.1) is 0 Å². The van der Waals surface area contributed by atoms with Crippen LogP contribution < -0.4 is 0 Å². The maximum Gasteiger partial charge on any atom is 0.126 e. The Morgan fingerprint density at radius 3 is 2.28 bits per heavy atom. The second-order valence-electron chi connectivity index (χ2n) is 5.23. The topological polar surface area (TPSA) is 42.2 Å². The molecule has 0 aromatic heterocycles. The Hall–Kier alpha value is -1.44. The molecule has 1 aromatic carbocycles. The normalized spacial score (nSPS) is 23.6. The quantitative estimate of drug-likeness (QED) is 0.802. The molecule has 2 heterocycles. The molecule has 94 valence electrons. The Balaban J connectivity index is 2.06. The van der Waals surface area contributed by atoms with Gasteiger partial charge in [0.15, 0.2) is 0 Å². The van der Waals surface area contributed by atoms with E-state index in [1.165, 1.54) is 6.07 Å². The molecule has 0 aliphatic carbocycles. The summed E-state index contributed by atoms with van der Waals surface area (Å²) >= 11 is 0. The summed E-state index contributed by atoms with van der Waals surface area (Å²) in [5.74, 6) is -0.218. The fourth-order valence-electron chi connectivity index (χ4n) is 2.72. The van der Waals surface area contributed by atoms with E-state index < -0.39 is 5.41 Å². The van der Waals surface area contributed by atoms with Crippen molar-refractivity contribution < 1.29 is 13.9 Å². The molecular formula is C14H14FNO2. The Labute approximate surface area is 105 Å². The van der Waals surface area contributed by atoms with Crippen molar-refractivity contribution in [2.24, 2.45) is 5.41 Å². The molecule has 2 aliphatic heterocycles. The molecule has 0 bridgehead atoms. The minimum atomic E-state index is -0.518. The van der Waals surface area contributed by atoms with Gasteiger partial charge in [0.1, 0.15) is 11.2 Å². The van der Waals surface area contributed by atoms with E-state index in [4.69, 9.17) is 9.47 Å². The van der Waals surface area contributed by atoms with Gasteiger partial charge in [-0.2, -0.15) is 5.26 Å². The average molecular weight is 247 g/mol. The Morgan fingerprint density at radius 1 is 1.22 bits per heavy atom. The van der Waals surface area contributed by atoms with Crippen LogP contribution in [0.25, 0.3) is 0 Å². The van der Waals surface area contributed by atoms with E-state index in [0.717, 1.165) is 5.56 Å². The van der Waals surface area contributed by atoms with Gasteiger partial charge in [-0.3, -0.25) is 0 Å². The summed E-state index contributed by atoms with van der Waals surface area (Å²) in [7, 11) is 0. The highest BCUT2D eigenvalue weighted by molar-refractivity contribution is 5.39. The minimum Gasteiger partial charge on any atom is -0.379 e. The predicted octanol–water partition coefficient (Wildman–Crippen LogP) is 1.94. The van der Waals surface area contributed by atoms with Crippen LogP contribution in [0.2, 0.25) is 0 Å². The van der Waals surface area contributed by atoms with Gasteiger partial charge in [-0.25, -0.2) is 4.39 Å². The molecule has 2 saturated heterocycles. The molecule has 0 radical (unpaired) electrons. The van der Waals surface area contributed by atoms with E-state index in [2.05, 4.69) is 6.07 Å². The number of aryl methyl sites for hydroxylation is 1. The van der Waals surface area contributed by atoms with E-state index in [9.17, 15) is 9.65 Å². The molecule has 0 unspecified atom stereocenters. The minimum absolute atomic E-state index is 0.218. The summed E-state index contributed by atoms with van der Waals surface area (Å²) in [5, 5.41) is 9.46. The molecule has 4 heteroatoms. The molecule has 0 amide bonds. The van der Waals surface area contributed by atoms with E-state index in [0.29, 0.717) is 32.0 Å². The second kappa shape index (κ2) is 3.78. The summed E-state index contributed by atoms with van der Waals surface area (Å²) in [6, 6.07) is 7.45. The lowest BCUT2D eigenvalue weighted by atomic mass is 9.58. The van der Waals surface area contributed by atoms with Crippen LogP contribution in [-0.2, 0) is 14.9 Å². The number of benzene rings is 1. The zero-order valence-corrected chi connectivity index (χ0v) is 10.2. The van der Waals surface area contributed by atoms with Crippen LogP contribution in [0.3, 0.4) is 0 Å². The maximum absolute atomic E-state index is 13.4. The number of rotatable bonds is 2. The van der Waals surface area contributed by atoms with Gasteiger partial charge in [0.05, 0.1) is 37.9 Å². The van der Waals surface area contributed by atoms with Gasteiger partial charge in [-0.05, 0) is 24.1 Å². The van der Waals surface area contributed by atoms with Gasteiger partial charge in [0, 0.05) is 0 Å². The number of nitrogens with zero attached hydrogens (tertiary/aromatic N) is 1.